The molecule has 140 valence electrons. The van der Waals surface area contributed by atoms with Gasteiger partial charge < -0.3 is 0 Å². The van der Waals surface area contributed by atoms with E-state index in [0.29, 0.717) is 6.07 Å². The van der Waals surface area contributed by atoms with Gasteiger partial charge in [-0.2, -0.15) is 31.6 Å². The van der Waals surface area contributed by atoms with Crippen LogP contribution in [0, 0.1) is 11.3 Å². The van der Waals surface area contributed by atoms with Crippen molar-refractivity contribution in [2.24, 2.45) is 0 Å². The number of nitriles is 1. The molecule has 12 heteroatoms. The Labute approximate surface area is 144 Å². The molecule has 0 aliphatic rings. The van der Waals surface area contributed by atoms with Crippen LogP contribution >= 0.6 is 11.8 Å². The lowest BCUT2D eigenvalue weighted by Gasteiger charge is -2.12. The van der Waals surface area contributed by atoms with Crippen LogP contribution in [0.4, 0.5) is 26.3 Å². The molecule has 1 aromatic rings. The Bertz CT molecular complexity index is 708. The first kappa shape index (κ1) is 21.6. The van der Waals surface area contributed by atoms with Gasteiger partial charge in [0.05, 0.1) is 11.8 Å². The van der Waals surface area contributed by atoms with Gasteiger partial charge in [0.25, 0.3) is 0 Å². The third-order valence-corrected chi connectivity index (χ3v) is 5.76. The zero-order valence-electron chi connectivity index (χ0n) is 12.4. The van der Waals surface area contributed by atoms with E-state index in [1.807, 2.05) is 0 Å². The summed E-state index contributed by atoms with van der Waals surface area (Å²) >= 11 is -0.420. The number of hydrogen-bond donors (Lipinski definition) is 0. The molecule has 1 heterocycles. The molecule has 0 saturated heterocycles. The van der Waals surface area contributed by atoms with Gasteiger partial charge in [-0.1, -0.05) is 17.8 Å². The van der Waals surface area contributed by atoms with Gasteiger partial charge in [-0.05, 0) is 24.5 Å². The quantitative estimate of drug-likeness (QED) is 0.648. The first-order valence-electron chi connectivity index (χ1n) is 6.69. The molecule has 0 N–H and O–H groups in total. The lowest BCUT2D eigenvalue weighted by atomic mass is 10.2. The fourth-order valence-electron chi connectivity index (χ4n) is 1.75. The number of thioether (sulfide) groups is 1. The summed E-state index contributed by atoms with van der Waals surface area (Å²) in [6.07, 6.45) is -4.43. The second-order valence-electron chi connectivity index (χ2n) is 4.87. The van der Waals surface area contributed by atoms with Crippen molar-refractivity contribution in [1.29, 1.82) is 5.26 Å². The maximum atomic E-state index is 12.4. The van der Waals surface area contributed by atoms with Crippen molar-refractivity contribution in [3.05, 3.63) is 29.6 Å². The van der Waals surface area contributed by atoms with E-state index < -0.39 is 62.2 Å². The zero-order valence-corrected chi connectivity index (χ0v) is 14.1. The van der Waals surface area contributed by atoms with Crippen LogP contribution in [0.2, 0.25) is 0 Å². The van der Waals surface area contributed by atoms with Crippen molar-refractivity contribution in [3.63, 3.8) is 0 Å². The number of hydrogen-bond acceptors (Lipinski definition) is 5. The van der Waals surface area contributed by atoms with E-state index in [4.69, 9.17) is 5.26 Å². The maximum absolute atomic E-state index is 12.4. The molecule has 1 rings (SSSR count). The third kappa shape index (κ3) is 7.52. The fraction of sp³-hybridized carbons (Fsp3) is 0.538. The van der Waals surface area contributed by atoms with Crippen LogP contribution in [0.3, 0.4) is 0 Å². The number of halogens is 6. The Morgan fingerprint density at radius 3 is 2.28 bits per heavy atom. The number of aryl methyl sites for hydroxylation is 1. The standard InChI is InChI=1S/C13H12F6N2O2S2/c14-12(15,16)11-2-1-9(8-21-11)4-6-25(22,23)10(7-20)3-5-24-13(17,18)19/h1-2,8,10H,3-6H2. The lowest BCUT2D eigenvalue weighted by Crippen LogP contribution is -2.25. The largest absolute Gasteiger partial charge is 0.441 e. The number of sulfone groups is 1. The monoisotopic (exact) mass is 406 g/mol. The van der Waals surface area contributed by atoms with E-state index in [1.54, 1.807) is 0 Å². The SMILES string of the molecule is N#CC(CCSC(F)(F)F)S(=O)(=O)CCc1ccc(C(F)(F)F)nc1. The van der Waals surface area contributed by atoms with Gasteiger partial charge in [-0.3, -0.25) is 4.98 Å². The minimum absolute atomic E-state index is 0.196. The van der Waals surface area contributed by atoms with E-state index in [1.165, 1.54) is 6.07 Å². The molecule has 0 fully saturated rings. The van der Waals surface area contributed by atoms with Crippen molar-refractivity contribution in [2.75, 3.05) is 11.5 Å². The van der Waals surface area contributed by atoms with Crippen molar-refractivity contribution in [1.82, 2.24) is 4.98 Å². The molecular formula is C13H12F6N2O2S2. The Balaban J connectivity index is 2.65. The number of pyridine rings is 1. The predicted molar refractivity (Wildman–Crippen MR) is 79.3 cm³/mol. The van der Waals surface area contributed by atoms with Gasteiger partial charge >= 0.3 is 11.7 Å². The summed E-state index contributed by atoms with van der Waals surface area (Å²) < 4.78 is 97.2. The Hall–Kier alpha value is -1.48. The number of rotatable bonds is 7. The molecule has 0 amide bonds. The molecule has 0 aliphatic carbocycles. The van der Waals surface area contributed by atoms with Gasteiger partial charge in [-0.15, -0.1) is 0 Å². The van der Waals surface area contributed by atoms with E-state index in [2.05, 4.69) is 4.98 Å². The van der Waals surface area contributed by atoms with Crippen LogP contribution in [-0.2, 0) is 22.4 Å². The molecule has 0 bridgehead atoms. The smallest absolute Gasteiger partial charge is 0.252 e. The van der Waals surface area contributed by atoms with Crippen LogP contribution in [0.5, 0.6) is 0 Å². The molecular weight excluding hydrogens is 394 g/mol. The highest BCUT2D eigenvalue weighted by Crippen LogP contribution is 2.31. The molecule has 1 atom stereocenters. The molecule has 1 unspecified atom stereocenters. The average molecular weight is 406 g/mol. The summed E-state index contributed by atoms with van der Waals surface area (Å²) in [7, 11) is -4.02. The second kappa shape index (κ2) is 8.27. The normalized spacial score (nSPS) is 14.1. The minimum atomic E-state index is -4.62. The third-order valence-electron chi connectivity index (χ3n) is 3.01. The molecule has 1 aromatic heterocycles. The first-order valence-corrected chi connectivity index (χ1v) is 9.39. The van der Waals surface area contributed by atoms with Crippen LogP contribution < -0.4 is 0 Å². The van der Waals surface area contributed by atoms with Crippen LogP contribution in [-0.4, -0.2) is 35.7 Å². The Kier molecular flexibility index (Phi) is 7.13. The van der Waals surface area contributed by atoms with Crippen molar-refractivity contribution >= 4 is 21.6 Å². The highest BCUT2D eigenvalue weighted by Gasteiger charge is 2.33. The van der Waals surface area contributed by atoms with Crippen molar-refractivity contribution < 1.29 is 34.8 Å². The Morgan fingerprint density at radius 1 is 1.20 bits per heavy atom. The fourth-order valence-corrected chi connectivity index (χ4v) is 3.93. The van der Waals surface area contributed by atoms with Gasteiger partial charge in [-0.25, -0.2) is 8.42 Å². The van der Waals surface area contributed by atoms with Crippen LogP contribution in [0.25, 0.3) is 0 Å². The van der Waals surface area contributed by atoms with E-state index in [0.717, 1.165) is 12.3 Å². The molecule has 0 saturated carbocycles. The summed E-state index contributed by atoms with van der Waals surface area (Å²) in [5, 5.41) is 7.25. The van der Waals surface area contributed by atoms with Crippen molar-refractivity contribution in [3.8, 4) is 6.07 Å². The number of nitrogens with zero attached hydrogens (tertiary/aromatic N) is 2. The molecule has 25 heavy (non-hydrogen) atoms. The van der Waals surface area contributed by atoms with E-state index in [9.17, 15) is 34.8 Å². The van der Waals surface area contributed by atoms with E-state index in [-0.39, 0.29) is 12.0 Å². The van der Waals surface area contributed by atoms with E-state index >= 15 is 0 Å². The lowest BCUT2D eigenvalue weighted by molar-refractivity contribution is -0.141. The van der Waals surface area contributed by atoms with Gasteiger partial charge in [0.15, 0.2) is 9.84 Å². The summed E-state index contributed by atoms with van der Waals surface area (Å²) in [4.78, 5) is 3.18. The zero-order chi connectivity index (χ0) is 19.3. The molecule has 4 nitrogen and oxygen atoms in total. The average Bonchev–Trinajstić information content (AvgIpc) is 2.48. The van der Waals surface area contributed by atoms with Crippen molar-refractivity contribution in [2.45, 2.75) is 29.8 Å². The maximum Gasteiger partial charge on any atom is 0.441 e. The highest BCUT2D eigenvalue weighted by molar-refractivity contribution is 8.00. The minimum Gasteiger partial charge on any atom is -0.252 e. The van der Waals surface area contributed by atoms with Gasteiger partial charge in [0.2, 0.25) is 0 Å². The molecule has 0 spiro atoms. The second-order valence-corrected chi connectivity index (χ2v) is 8.33. The number of aromatic nitrogens is 1. The van der Waals surface area contributed by atoms with Crippen LogP contribution in [0.1, 0.15) is 17.7 Å². The summed E-state index contributed by atoms with van der Waals surface area (Å²) in [5.74, 6) is -1.16. The van der Waals surface area contributed by atoms with Gasteiger partial charge in [0, 0.05) is 11.9 Å². The Morgan fingerprint density at radius 2 is 1.84 bits per heavy atom. The molecule has 0 radical (unpaired) electrons. The molecule has 0 aromatic carbocycles. The van der Waals surface area contributed by atoms with Gasteiger partial charge in [0.1, 0.15) is 10.9 Å². The predicted octanol–water partition coefficient (Wildman–Crippen LogP) is 3.59. The summed E-state index contributed by atoms with van der Waals surface area (Å²) in [6.45, 7) is 0. The summed E-state index contributed by atoms with van der Waals surface area (Å²) in [5.41, 5.74) is -5.44. The van der Waals surface area contributed by atoms with Crippen LogP contribution in [0.15, 0.2) is 18.3 Å². The first-order chi connectivity index (χ1) is 11.3. The highest BCUT2D eigenvalue weighted by atomic mass is 32.2. The molecule has 0 aliphatic heterocycles. The number of alkyl halides is 6. The summed E-state index contributed by atoms with van der Waals surface area (Å²) in [6, 6.07) is 3.22. The topological polar surface area (TPSA) is 70.8 Å².